The zero-order valence-corrected chi connectivity index (χ0v) is 9.52. The molecule has 0 fully saturated rings. The van der Waals surface area contributed by atoms with Gasteiger partial charge in [0, 0.05) is 18.4 Å². The number of hydrogen-bond acceptors (Lipinski definition) is 6. The maximum Gasteiger partial charge on any atom is 0.232 e. The van der Waals surface area contributed by atoms with Crippen molar-refractivity contribution in [3.63, 3.8) is 0 Å². The summed E-state index contributed by atoms with van der Waals surface area (Å²) in [5.41, 5.74) is 1.40. The first-order chi connectivity index (χ1) is 8.08. The molecule has 0 radical (unpaired) electrons. The number of pyridine rings is 1. The van der Waals surface area contributed by atoms with E-state index >= 15 is 0 Å². The lowest BCUT2D eigenvalue weighted by Crippen LogP contribution is -2.29. The highest BCUT2D eigenvalue weighted by Crippen LogP contribution is 2.21. The van der Waals surface area contributed by atoms with E-state index in [0.29, 0.717) is 11.3 Å². The van der Waals surface area contributed by atoms with E-state index in [1.54, 1.807) is 13.0 Å². The van der Waals surface area contributed by atoms with Gasteiger partial charge in [0.25, 0.3) is 0 Å². The van der Waals surface area contributed by atoms with Gasteiger partial charge < -0.3 is 19.4 Å². The van der Waals surface area contributed by atoms with Crippen molar-refractivity contribution in [3.8, 4) is 11.9 Å². The van der Waals surface area contributed by atoms with E-state index in [1.165, 1.54) is 7.11 Å². The summed E-state index contributed by atoms with van der Waals surface area (Å²) >= 11 is 0. The van der Waals surface area contributed by atoms with E-state index in [1.807, 2.05) is 6.07 Å². The van der Waals surface area contributed by atoms with E-state index < -0.39 is 12.6 Å². The quantitative estimate of drug-likeness (QED) is 0.685. The SMILES string of the molecule is COCc1cc(C)nc(OCC(=O)[O-])c1C#N. The first-order valence-electron chi connectivity index (χ1n) is 4.80. The van der Waals surface area contributed by atoms with E-state index in [0.717, 1.165) is 0 Å². The molecule has 0 unspecified atom stereocenters. The molecule has 1 aromatic rings. The lowest BCUT2D eigenvalue weighted by molar-refractivity contribution is -0.307. The van der Waals surface area contributed by atoms with Crippen LogP contribution < -0.4 is 9.84 Å². The summed E-state index contributed by atoms with van der Waals surface area (Å²) in [7, 11) is 1.50. The third kappa shape index (κ3) is 3.43. The highest BCUT2D eigenvalue weighted by Gasteiger charge is 2.12. The first-order valence-corrected chi connectivity index (χ1v) is 4.80. The van der Waals surface area contributed by atoms with Gasteiger partial charge in [-0.2, -0.15) is 5.26 Å². The number of methoxy groups -OCH3 is 1. The fourth-order valence-corrected chi connectivity index (χ4v) is 1.33. The number of carbonyl (C=O) groups excluding carboxylic acids is 1. The van der Waals surface area contributed by atoms with Crippen LogP contribution in [0.25, 0.3) is 0 Å². The van der Waals surface area contributed by atoms with E-state index in [9.17, 15) is 9.90 Å². The Morgan fingerprint density at radius 1 is 1.65 bits per heavy atom. The molecule has 1 rings (SSSR count). The summed E-state index contributed by atoms with van der Waals surface area (Å²) in [6, 6.07) is 3.61. The average Bonchev–Trinajstić information content (AvgIpc) is 2.26. The van der Waals surface area contributed by atoms with Gasteiger partial charge in [-0.25, -0.2) is 4.98 Å². The minimum atomic E-state index is -1.37. The number of rotatable bonds is 5. The predicted octanol–water partition coefficient (Wildman–Crippen LogP) is -0.463. The number of ether oxygens (including phenoxy) is 2. The Kier molecular flexibility index (Phi) is 4.43. The molecule has 0 aromatic carbocycles. The van der Waals surface area contributed by atoms with E-state index in [-0.39, 0.29) is 18.1 Å². The second-order valence-corrected chi connectivity index (χ2v) is 3.31. The summed E-state index contributed by atoms with van der Waals surface area (Å²) in [5, 5.41) is 19.3. The Bertz CT molecular complexity index is 465. The lowest BCUT2D eigenvalue weighted by Gasteiger charge is -2.11. The number of aromatic nitrogens is 1. The van der Waals surface area contributed by atoms with Crippen molar-refractivity contribution >= 4 is 5.97 Å². The minimum Gasteiger partial charge on any atom is -0.546 e. The highest BCUT2D eigenvalue weighted by atomic mass is 16.5. The molecule has 0 saturated carbocycles. The first kappa shape index (κ1) is 12.9. The molecule has 0 spiro atoms. The molecule has 0 atom stereocenters. The van der Waals surface area contributed by atoms with Crippen LogP contribution in [0, 0.1) is 18.3 Å². The van der Waals surface area contributed by atoms with Gasteiger partial charge in [-0.05, 0) is 13.0 Å². The zero-order valence-electron chi connectivity index (χ0n) is 9.52. The van der Waals surface area contributed by atoms with Crippen LogP contribution in [0.3, 0.4) is 0 Å². The van der Waals surface area contributed by atoms with Crippen LogP contribution in [0.2, 0.25) is 0 Å². The molecule has 90 valence electrons. The van der Waals surface area contributed by atoms with Gasteiger partial charge in [0.05, 0.1) is 12.6 Å². The van der Waals surface area contributed by atoms with Gasteiger partial charge in [-0.3, -0.25) is 0 Å². The number of hydrogen-bond donors (Lipinski definition) is 0. The third-order valence-corrected chi connectivity index (χ3v) is 1.93. The van der Waals surface area contributed by atoms with Gasteiger partial charge in [-0.15, -0.1) is 0 Å². The number of carboxylic acids is 1. The van der Waals surface area contributed by atoms with E-state index in [4.69, 9.17) is 14.7 Å². The number of aliphatic carboxylic acids is 1. The zero-order chi connectivity index (χ0) is 12.8. The van der Waals surface area contributed by atoms with Crippen molar-refractivity contribution in [2.24, 2.45) is 0 Å². The maximum atomic E-state index is 10.3. The Balaban J connectivity index is 3.10. The Hall–Kier alpha value is -2.13. The second kappa shape index (κ2) is 5.82. The number of nitrogens with zero attached hydrogens (tertiary/aromatic N) is 2. The fourth-order valence-electron chi connectivity index (χ4n) is 1.33. The van der Waals surface area contributed by atoms with Crippen molar-refractivity contribution in [3.05, 3.63) is 22.9 Å². The molecule has 0 amide bonds. The molecular weight excluding hydrogens is 224 g/mol. The summed E-state index contributed by atoms with van der Waals surface area (Å²) in [6.07, 6.45) is 0. The van der Waals surface area contributed by atoms with Crippen LogP contribution in [-0.2, 0) is 16.1 Å². The highest BCUT2D eigenvalue weighted by molar-refractivity contribution is 5.66. The molecule has 6 heteroatoms. The number of carbonyl (C=O) groups is 1. The minimum absolute atomic E-state index is 0.0104. The van der Waals surface area contributed by atoms with Crippen LogP contribution >= 0.6 is 0 Å². The maximum absolute atomic E-state index is 10.3. The van der Waals surface area contributed by atoms with Crippen molar-refractivity contribution in [1.82, 2.24) is 4.98 Å². The molecular formula is C11H11N2O4-. The Morgan fingerprint density at radius 2 is 2.35 bits per heavy atom. The van der Waals surface area contributed by atoms with Crippen LogP contribution in [0.4, 0.5) is 0 Å². The van der Waals surface area contributed by atoms with E-state index in [2.05, 4.69) is 4.98 Å². The topological polar surface area (TPSA) is 95.3 Å². The number of aryl methyl sites for hydroxylation is 1. The molecule has 0 bridgehead atoms. The normalized spacial score (nSPS) is 9.71. The standard InChI is InChI=1S/C11H12N2O4/c1-7-3-8(5-16-2)9(4-12)11(13-7)17-6-10(14)15/h3H,5-6H2,1-2H3,(H,14,15)/p-1. The van der Waals surface area contributed by atoms with Crippen molar-refractivity contribution in [2.75, 3.05) is 13.7 Å². The Labute approximate surface area is 98.4 Å². The van der Waals surface area contributed by atoms with Crippen molar-refractivity contribution < 1.29 is 19.4 Å². The van der Waals surface area contributed by atoms with Crippen LogP contribution in [0.5, 0.6) is 5.88 Å². The van der Waals surface area contributed by atoms with Crippen LogP contribution in [-0.4, -0.2) is 24.7 Å². The molecule has 1 heterocycles. The summed E-state index contributed by atoms with van der Waals surface area (Å²) in [4.78, 5) is 14.3. The fraction of sp³-hybridized carbons (Fsp3) is 0.364. The molecule has 0 aliphatic rings. The molecule has 6 nitrogen and oxygen atoms in total. The number of nitriles is 1. The second-order valence-electron chi connectivity index (χ2n) is 3.31. The van der Waals surface area contributed by atoms with Crippen molar-refractivity contribution in [2.45, 2.75) is 13.5 Å². The van der Waals surface area contributed by atoms with Crippen LogP contribution in [0.1, 0.15) is 16.8 Å². The van der Waals surface area contributed by atoms with Gasteiger partial charge in [0.2, 0.25) is 5.88 Å². The lowest BCUT2D eigenvalue weighted by atomic mass is 10.1. The molecule has 0 aliphatic carbocycles. The summed E-state index contributed by atoms with van der Waals surface area (Å²) in [5.74, 6) is -1.38. The van der Waals surface area contributed by atoms with Gasteiger partial charge in [0.1, 0.15) is 18.2 Å². The monoisotopic (exact) mass is 235 g/mol. The van der Waals surface area contributed by atoms with Gasteiger partial charge >= 0.3 is 0 Å². The smallest absolute Gasteiger partial charge is 0.232 e. The number of carboxylic acid groups (broad SMARTS) is 1. The predicted molar refractivity (Wildman–Crippen MR) is 54.9 cm³/mol. The largest absolute Gasteiger partial charge is 0.546 e. The van der Waals surface area contributed by atoms with Crippen LogP contribution in [0.15, 0.2) is 6.07 Å². The third-order valence-electron chi connectivity index (χ3n) is 1.93. The molecule has 17 heavy (non-hydrogen) atoms. The van der Waals surface area contributed by atoms with Gasteiger partial charge in [-0.1, -0.05) is 0 Å². The summed E-state index contributed by atoms with van der Waals surface area (Å²) < 4.78 is 9.85. The molecule has 0 N–H and O–H groups in total. The Morgan fingerprint density at radius 3 is 2.88 bits per heavy atom. The molecule has 1 aromatic heterocycles. The van der Waals surface area contributed by atoms with Crippen molar-refractivity contribution in [1.29, 1.82) is 5.26 Å². The molecule has 0 saturated heterocycles. The molecule has 0 aliphatic heterocycles. The van der Waals surface area contributed by atoms with Gasteiger partial charge in [0.15, 0.2) is 0 Å². The average molecular weight is 235 g/mol. The summed E-state index contributed by atoms with van der Waals surface area (Å²) in [6.45, 7) is 1.30.